The van der Waals surface area contributed by atoms with E-state index in [1.807, 2.05) is 71.1 Å². The third-order valence-electron chi connectivity index (χ3n) is 14.6. The summed E-state index contributed by atoms with van der Waals surface area (Å²) in [6.45, 7) is 7.97. The Morgan fingerprint density at radius 3 is 2.33 bits per heavy atom. The summed E-state index contributed by atoms with van der Waals surface area (Å²) in [4.78, 5) is 77.6. The van der Waals surface area contributed by atoms with Gasteiger partial charge in [-0.25, -0.2) is 9.97 Å². The van der Waals surface area contributed by atoms with Crippen molar-refractivity contribution in [3.05, 3.63) is 107 Å². The highest BCUT2D eigenvalue weighted by Crippen LogP contribution is 2.36. The highest BCUT2D eigenvalue weighted by molar-refractivity contribution is 6.05. The number of amides is 5. The zero-order chi connectivity index (χ0) is 54.1. The van der Waals surface area contributed by atoms with Crippen molar-refractivity contribution < 1.29 is 47.7 Å². The number of ether oxygens (including phenoxy) is 5. The number of piperazine rings is 1. The van der Waals surface area contributed by atoms with Gasteiger partial charge in [0, 0.05) is 107 Å². The van der Waals surface area contributed by atoms with Gasteiger partial charge in [-0.1, -0.05) is 18.9 Å². The molecule has 0 radical (unpaired) electrons. The van der Waals surface area contributed by atoms with Gasteiger partial charge in [0.1, 0.15) is 29.6 Å². The molecule has 9 rings (SSSR count). The number of aromatic nitrogens is 5. The minimum absolute atomic E-state index is 0.175. The van der Waals surface area contributed by atoms with Crippen LogP contribution in [0.4, 0.5) is 11.4 Å². The van der Waals surface area contributed by atoms with Gasteiger partial charge in [-0.15, -0.1) is 10.2 Å². The fourth-order valence-electron chi connectivity index (χ4n) is 10.1. The summed E-state index contributed by atoms with van der Waals surface area (Å²) in [7, 11) is 1.89. The molecule has 21 heteroatoms. The standard InChI is InChI=1S/C57H71N11O10/c1-65-51(63-64-54(65)48-19-21-58-39-60-48)37-59-42-11-9-10-40(34-42)55(71)61-47-20-29-78-50-17-14-44(36-46(47)50)77-28-8-3-2-6-26-74-30-32-76-33-31-75-27-7-4-5-12-53(70)67-24-22-66(23-25-67)43-13-15-45-41(35-43)38-68(57(45)73)49-16-18-52(69)62-56(49)72/h9-11,13-15,17,19,21,34-36,39,47,49,59H,2-8,12,16,18,20,22-33,37-38H2,1H3,(H,61,71)(H,62,69,72). The highest BCUT2D eigenvalue weighted by atomic mass is 16.5. The van der Waals surface area contributed by atoms with Crippen LogP contribution in [0.3, 0.4) is 0 Å². The molecule has 4 aliphatic heterocycles. The molecule has 414 valence electrons. The molecule has 5 amide bonds. The topological polar surface area (TPSA) is 234 Å². The predicted octanol–water partition coefficient (Wildman–Crippen LogP) is 5.80. The molecule has 0 bridgehead atoms. The SMILES string of the molecule is Cn1c(CNc2cccc(C(=O)NC3CCOc4ccc(OCCCCCCOCCOCCOCCCCCC(=O)N5CCN(c6ccc7c(c6)CN(C6CCC(=O)NC6=O)C7=O)CC5)cc43)c2)nnc1-c1ccncn1. The van der Waals surface area contributed by atoms with Crippen LogP contribution in [0.5, 0.6) is 11.5 Å². The van der Waals surface area contributed by atoms with Crippen molar-refractivity contribution in [2.24, 2.45) is 7.05 Å². The number of anilines is 2. The molecule has 3 aromatic carbocycles. The summed E-state index contributed by atoms with van der Waals surface area (Å²) in [6, 6.07) is 19.9. The number of nitrogens with zero attached hydrogens (tertiary/aromatic N) is 8. The van der Waals surface area contributed by atoms with Crippen LogP contribution in [-0.4, -0.2) is 149 Å². The number of hydrogen-bond acceptors (Lipinski definition) is 16. The van der Waals surface area contributed by atoms with Crippen molar-refractivity contribution in [3.63, 3.8) is 0 Å². The van der Waals surface area contributed by atoms with Gasteiger partial charge in [0.15, 0.2) is 11.6 Å². The number of rotatable bonds is 28. The Morgan fingerprint density at radius 1 is 0.795 bits per heavy atom. The van der Waals surface area contributed by atoms with Crippen LogP contribution < -0.4 is 30.3 Å². The second-order valence-electron chi connectivity index (χ2n) is 19.9. The van der Waals surface area contributed by atoms with Crippen LogP contribution >= 0.6 is 0 Å². The van der Waals surface area contributed by atoms with Gasteiger partial charge < -0.3 is 53.6 Å². The third kappa shape index (κ3) is 14.7. The quantitative estimate of drug-likeness (QED) is 0.0397. The van der Waals surface area contributed by atoms with Crippen molar-refractivity contribution in [2.75, 3.05) is 89.3 Å². The molecule has 0 spiro atoms. The van der Waals surface area contributed by atoms with Crippen LogP contribution in [0.2, 0.25) is 0 Å². The first-order chi connectivity index (χ1) is 38.2. The van der Waals surface area contributed by atoms with E-state index >= 15 is 0 Å². The van der Waals surface area contributed by atoms with Gasteiger partial charge >= 0.3 is 0 Å². The summed E-state index contributed by atoms with van der Waals surface area (Å²) in [5, 5.41) is 17.5. The van der Waals surface area contributed by atoms with Gasteiger partial charge in [0.25, 0.3) is 11.8 Å². The lowest BCUT2D eigenvalue weighted by molar-refractivity contribution is -0.137. The maximum Gasteiger partial charge on any atom is 0.255 e. The minimum Gasteiger partial charge on any atom is -0.494 e. The molecule has 3 N–H and O–H groups in total. The van der Waals surface area contributed by atoms with E-state index in [2.05, 4.69) is 41.0 Å². The van der Waals surface area contributed by atoms with E-state index in [9.17, 15) is 24.0 Å². The molecular weight excluding hydrogens is 999 g/mol. The Morgan fingerprint density at radius 2 is 1.56 bits per heavy atom. The number of imide groups is 1. The first kappa shape index (κ1) is 55.3. The maximum atomic E-state index is 13.5. The summed E-state index contributed by atoms with van der Waals surface area (Å²) in [5.74, 6) is 1.97. The smallest absolute Gasteiger partial charge is 0.255 e. The highest BCUT2D eigenvalue weighted by Gasteiger charge is 2.39. The third-order valence-corrected chi connectivity index (χ3v) is 14.6. The molecule has 2 saturated heterocycles. The number of carbonyl (C=O) groups is 5. The van der Waals surface area contributed by atoms with E-state index in [0.29, 0.717) is 134 Å². The van der Waals surface area contributed by atoms with E-state index in [-0.39, 0.29) is 36.1 Å². The number of benzene rings is 3. The summed E-state index contributed by atoms with van der Waals surface area (Å²) >= 11 is 0. The Bertz CT molecular complexity index is 2840. The fourth-order valence-corrected chi connectivity index (χ4v) is 10.1. The predicted molar refractivity (Wildman–Crippen MR) is 289 cm³/mol. The number of carbonyl (C=O) groups excluding carboxylic acids is 5. The molecule has 78 heavy (non-hydrogen) atoms. The van der Waals surface area contributed by atoms with Crippen LogP contribution in [0.1, 0.15) is 114 Å². The number of fused-ring (bicyclic) bond motifs is 2. The van der Waals surface area contributed by atoms with E-state index in [0.717, 1.165) is 84.8 Å². The molecule has 2 aromatic heterocycles. The van der Waals surface area contributed by atoms with E-state index in [1.165, 1.54) is 6.33 Å². The first-order valence-electron chi connectivity index (χ1n) is 27.4. The van der Waals surface area contributed by atoms with E-state index in [4.69, 9.17) is 23.7 Å². The van der Waals surface area contributed by atoms with Gasteiger partial charge in [-0.3, -0.25) is 29.3 Å². The molecule has 6 heterocycles. The molecule has 2 fully saturated rings. The summed E-state index contributed by atoms with van der Waals surface area (Å²) in [6.07, 6.45) is 11.5. The summed E-state index contributed by atoms with van der Waals surface area (Å²) < 4.78 is 31.1. The number of piperidine rings is 1. The molecule has 2 atom stereocenters. The second-order valence-corrected chi connectivity index (χ2v) is 19.9. The van der Waals surface area contributed by atoms with Crippen LogP contribution in [0.15, 0.2) is 79.3 Å². The summed E-state index contributed by atoms with van der Waals surface area (Å²) in [5.41, 5.74) is 5.39. The number of unbranched alkanes of at least 4 members (excludes halogenated alkanes) is 5. The van der Waals surface area contributed by atoms with Crippen LogP contribution in [0, 0.1) is 0 Å². The first-order valence-corrected chi connectivity index (χ1v) is 27.4. The minimum atomic E-state index is -0.633. The van der Waals surface area contributed by atoms with Gasteiger partial charge in [-0.2, -0.15) is 0 Å². The molecular formula is C57H71N11O10. The van der Waals surface area contributed by atoms with Crippen LogP contribution in [-0.2, 0) is 48.7 Å². The molecule has 21 nitrogen and oxygen atoms in total. The Hall–Kier alpha value is -7.49. The van der Waals surface area contributed by atoms with Crippen molar-refractivity contribution in [1.82, 2.24) is 45.2 Å². The maximum absolute atomic E-state index is 13.5. The Labute approximate surface area is 454 Å². The molecule has 0 aliphatic carbocycles. The Balaban J connectivity index is 0.555. The average molecular weight is 1070 g/mol. The van der Waals surface area contributed by atoms with Gasteiger partial charge in [0.05, 0.1) is 52.2 Å². The molecule has 4 aliphatic rings. The lowest BCUT2D eigenvalue weighted by Crippen LogP contribution is -2.52. The van der Waals surface area contributed by atoms with E-state index in [1.54, 1.807) is 23.2 Å². The molecule has 5 aromatic rings. The van der Waals surface area contributed by atoms with E-state index < -0.39 is 11.9 Å². The monoisotopic (exact) mass is 1070 g/mol. The fraction of sp³-hybridized carbons (Fsp3) is 0.491. The molecule has 2 unspecified atom stereocenters. The second kappa shape index (κ2) is 27.7. The van der Waals surface area contributed by atoms with Crippen molar-refractivity contribution >= 4 is 40.9 Å². The van der Waals surface area contributed by atoms with Crippen molar-refractivity contribution in [3.8, 4) is 23.0 Å². The lowest BCUT2D eigenvalue weighted by Gasteiger charge is -2.36. The number of nitrogens with one attached hydrogen (secondary N) is 3. The lowest BCUT2D eigenvalue weighted by atomic mass is 9.99. The van der Waals surface area contributed by atoms with Crippen molar-refractivity contribution in [1.29, 1.82) is 0 Å². The zero-order valence-electron chi connectivity index (χ0n) is 44.5. The Kier molecular flexibility index (Phi) is 19.6. The number of hydrogen-bond donors (Lipinski definition) is 3. The normalized spacial score (nSPS) is 17.1. The zero-order valence-corrected chi connectivity index (χ0v) is 44.5. The van der Waals surface area contributed by atoms with Gasteiger partial charge in [-0.05, 0) is 105 Å². The van der Waals surface area contributed by atoms with Crippen molar-refractivity contribution in [2.45, 2.75) is 95.8 Å². The average Bonchev–Trinajstić information content (AvgIpc) is 4.08. The molecule has 0 saturated carbocycles. The van der Waals surface area contributed by atoms with Crippen LogP contribution in [0.25, 0.3) is 11.5 Å². The van der Waals surface area contributed by atoms with Gasteiger partial charge in [0.2, 0.25) is 17.7 Å². The largest absolute Gasteiger partial charge is 0.494 e.